The summed E-state index contributed by atoms with van der Waals surface area (Å²) in [6.45, 7) is 3.62. The van der Waals surface area contributed by atoms with Crippen LogP contribution in [0.2, 0.25) is 10.0 Å². The lowest BCUT2D eigenvalue weighted by Crippen LogP contribution is -2.42. The molecule has 4 rings (SSSR count). The number of amides is 2. The minimum atomic E-state index is -0.603. The second-order valence-corrected chi connectivity index (χ2v) is 8.50. The van der Waals surface area contributed by atoms with Crippen LogP contribution in [-0.4, -0.2) is 16.7 Å². The molecule has 2 aromatic carbocycles. The largest absolute Gasteiger partial charge is 0.457 e. The monoisotopic (exact) mass is 476 g/mol. The second kappa shape index (κ2) is 9.11. The van der Waals surface area contributed by atoms with Crippen molar-refractivity contribution in [1.82, 2.24) is 4.90 Å². The van der Waals surface area contributed by atoms with Gasteiger partial charge >= 0.3 is 0 Å². The average molecular weight is 477 g/mol. The predicted octanol–water partition coefficient (Wildman–Crippen LogP) is 6.35. The molecule has 0 fully saturated rings. The van der Waals surface area contributed by atoms with Gasteiger partial charge in [0, 0.05) is 11.1 Å². The summed E-state index contributed by atoms with van der Waals surface area (Å²) in [4.78, 5) is 27.2. The van der Waals surface area contributed by atoms with E-state index >= 15 is 0 Å². The maximum Gasteiger partial charge on any atom is 0.271 e. The van der Waals surface area contributed by atoms with E-state index in [9.17, 15) is 14.9 Å². The fourth-order valence-corrected chi connectivity index (χ4v) is 3.82. The van der Waals surface area contributed by atoms with Crippen LogP contribution in [0.1, 0.15) is 23.8 Å². The molecule has 5 nitrogen and oxygen atoms in total. The van der Waals surface area contributed by atoms with Crippen LogP contribution >= 0.6 is 23.2 Å². The highest BCUT2D eigenvalue weighted by molar-refractivity contribution is 6.42. The van der Waals surface area contributed by atoms with E-state index in [1.165, 1.54) is 0 Å². The number of furan rings is 1. The van der Waals surface area contributed by atoms with E-state index in [1.54, 1.807) is 43.3 Å². The number of carbonyl (C=O) groups excluding carboxylic acids is 2. The smallest absolute Gasteiger partial charge is 0.271 e. The number of nitriles is 1. The standard InChI is InChI=1S/C26H18Cl2N2O3/c1-15-3-5-17(6-4-15)14-30-25(31)20(16(2)21(13-29)26(30)32)12-19-8-10-24(33-19)18-7-9-22(27)23(28)11-18/h3-12H,14H2,1-2H3/b20-12+. The summed E-state index contributed by atoms with van der Waals surface area (Å²) in [6, 6.07) is 18.1. The molecule has 0 saturated carbocycles. The third-order valence-corrected chi connectivity index (χ3v) is 6.14. The van der Waals surface area contributed by atoms with Crippen LogP contribution in [-0.2, 0) is 16.1 Å². The molecule has 7 heteroatoms. The van der Waals surface area contributed by atoms with Crippen molar-refractivity contribution >= 4 is 41.1 Å². The van der Waals surface area contributed by atoms with Gasteiger partial charge in [-0.15, -0.1) is 0 Å². The molecule has 1 aliphatic heterocycles. The molecule has 3 aromatic rings. The molecule has 1 aliphatic rings. The van der Waals surface area contributed by atoms with E-state index in [0.717, 1.165) is 21.6 Å². The summed E-state index contributed by atoms with van der Waals surface area (Å²) in [6.07, 6.45) is 1.55. The molecule has 0 aliphatic carbocycles. The van der Waals surface area contributed by atoms with Gasteiger partial charge in [-0.05, 0) is 61.4 Å². The molecule has 0 saturated heterocycles. The van der Waals surface area contributed by atoms with Crippen LogP contribution in [0, 0.1) is 18.3 Å². The second-order valence-electron chi connectivity index (χ2n) is 7.68. The van der Waals surface area contributed by atoms with Crippen molar-refractivity contribution in [3.05, 3.63) is 98.2 Å². The van der Waals surface area contributed by atoms with Gasteiger partial charge in [0.2, 0.25) is 0 Å². The van der Waals surface area contributed by atoms with Gasteiger partial charge < -0.3 is 4.42 Å². The molecule has 0 radical (unpaired) electrons. The fraction of sp³-hybridized carbons (Fsp3) is 0.115. The van der Waals surface area contributed by atoms with Gasteiger partial charge in [-0.3, -0.25) is 14.5 Å². The summed E-state index contributed by atoms with van der Waals surface area (Å²) in [5.74, 6) is -0.141. The normalized spacial score (nSPS) is 15.4. The van der Waals surface area contributed by atoms with Crippen LogP contribution in [0.5, 0.6) is 0 Å². The van der Waals surface area contributed by atoms with Crippen molar-refractivity contribution in [3.63, 3.8) is 0 Å². The topological polar surface area (TPSA) is 74.3 Å². The Bertz CT molecular complexity index is 1380. The predicted molar refractivity (Wildman–Crippen MR) is 127 cm³/mol. The summed E-state index contributed by atoms with van der Waals surface area (Å²) in [5.41, 5.74) is 3.07. The molecule has 0 unspecified atom stereocenters. The van der Waals surface area contributed by atoms with Crippen molar-refractivity contribution in [3.8, 4) is 17.4 Å². The van der Waals surface area contributed by atoms with Gasteiger partial charge in [0.1, 0.15) is 23.2 Å². The van der Waals surface area contributed by atoms with Gasteiger partial charge in [-0.2, -0.15) is 5.26 Å². The third kappa shape index (κ3) is 4.49. The average Bonchev–Trinajstić information content (AvgIpc) is 3.26. The Hall–Kier alpha value is -3.59. The third-order valence-electron chi connectivity index (χ3n) is 5.40. The highest BCUT2D eigenvalue weighted by Gasteiger charge is 2.35. The molecule has 0 spiro atoms. The Balaban J connectivity index is 1.70. The van der Waals surface area contributed by atoms with Gasteiger partial charge in [-0.25, -0.2) is 0 Å². The van der Waals surface area contributed by atoms with Crippen LogP contribution < -0.4 is 0 Å². The highest BCUT2D eigenvalue weighted by Crippen LogP contribution is 2.32. The van der Waals surface area contributed by atoms with Gasteiger partial charge in [0.25, 0.3) is 11.8 Å². The molecule has 0 atom stereocenters. The Morgan fingerprint density at radius 2 is 1.70 bits per heavy atom. The number of hydrogen-bond donors (Lipinski definition) is 0. The lowest BCUT2D eigenvalue weighted by molar-refractivity contribution is -0.141. The molecule has 2 amide bonds. The lowest BCUT2D eigenvalue weighted by Gasteiger charge is -2.27. The van der Waals surface area contributed by atoms with Crippen molar-refractivity contribution in [1.29, 1.82) is 5.26 Å². The molecular formula is C26H18Cl2N2O3. The summed E-state index contributed by atoms with van der Waals surface area (Å²) in [7, 11) is 0. The van der Waals surface area contributed by atoms with E-state index in [2.05, 4.69) is 0 Å². The molecule has 33 heavy (non-hydrogen) atoms. The number of imide groups is 1. The number of aryl methyl sites for hydroxylation is 1. The Labute approximate surface area is 201 Å². The Kier molecular flexibility index (Phi) is 6.24. The molecule has 0 bridgehead atoms. The maximum absolute atomic E-state index is 13.3. The van der Waals surface area contributed by atoms with E-state index in [0.29, 0.717) is 27.1 Å². The highest BCUT2D eigenvalue weighted by atomic mass is 35.5. The summed E-state index contributed by atoms with van der Waals surface area (Å²) in [5, 5.41) is 10.4. The number of benzene rings is 2. The molecular weight excluding hydrogens is 459 g/mol. The first-order valence-electron chi connectivity index (χ1n) is 10.1. The zero-order valence-corrected chi connectivity index (χ0v) is 19.4. The molecule has 164 valence electrons. The van der Waals surface area contributed by atoms with Crippen molar-refractivity contribution < 1.29 is 14.0 Å². The van der Waals surface area contributed by atoms with E-state index in [1.807, 2.05) is 37.3 Å². The summed E-state index contributed by atoms with van der Waals surface area (Å²) >= 11 is 12.1. The Morgan fingerprint density at radius 1 is 0.970 bits per heavy atom. The van der Waals surface area contributed by atoms with Crippen LogP contribution in [0.15, 0.2) is 75.7 Å². The van der Waals surface area contributed by atoms with Gasteiger partial charge in [-0.1, -0.05) is 53.0 Å². The zero-order chi connectivity index (χ0) is 23.7. The quantitative estimate of drug-likeness (QED) is 0.324. The number of rotatable bonds is 4. The molecule has 0 N–H and O–H groups in total. The SMILES string of the molecule is CC1=C(C#N)C(=O)N(Cc2ccc(C)cc2)C(=O)/C1=C/c1ccc(-c2ccc(Cl)c(Cl)c2)o1. The number of hydrogen-bond acceptors (Lipinski definition) is 4. The molecule has 2 heterocycles. The fourth-order valence-electron chi connectivity index (χ4n) is 3.53. The van der Waals surface area contributed by atoms with Crippen molar-refractivity contribution in [2.24, 2.45) is 0 Å². The zero-order valence-electron chi connectivity index (χ0n) is 17.9. The molecule has 1 aromatic heterocycles. The first-order valence-corrected chi connectivity index (χ1v) is 10.8. The minimum Gasteiger partial charge on any atom is -0.457 e. The maximum atomic E-state index is 13.3. The van der Waals surface area contributed by atoms with Crippen molar-refractivity contribution in [2.45, 2.75) is 20.4 Å². The van der Waals surface area contributed by atoms with Gasteiger partial charge in [0.15, 0.2) is 0 Å². The minimum absolute atomic E-state index is 0.0655. The summed E-state index contributed by atoms with van der Waals surface area (Å²) < 4.78 is 5.89. The van der Waals surface area contributed by atoms with E-state index in [-0.39, 0.29) is 17.7 Å². The van der Waals surface area contributed by atoms with Crippen molar-refractivity contribution in [2.75, 3.05) is 0 Å². The first-order chi connectivity index (χ1) is 15.8. The van der Waals surface area contributed by atoms with E-state index in [4.69, 9.17) is 27.6 Å². The number of halogens is 2. The van der Waals surface area contributed by atoms with Crippen LogP contribution in [0.4, 0.5) is 0 Å². The van der Waals surface area contributed by atoms with E-state index < -0.39 is 11.8 Å². The van der Waals surface area contributed by atoms with Gasteiger partial charge in [0.05, 0.1) is 16.6 Å². The first kappa shape index (κ1) is 22.6. The number of carbonyl (C=O) groups is 2. The number of nitrogens with zero attached hydrogens (tertiary/aromatic N) is 2. The van der Waals surface area contributed by atoms with Crippen LogP contribution in [0.25, 0.3) is 17.4 Å². The van der Waals surface area contributed by atoms with Crippen LogP contribution in [0.3, 0.4) is 0 Å². The Morgan fingerprint density at radius 3 is 2.36 bits per heavy atom. The lowest BCUT2D eigenvalue weighted by atomic mass is 9.94.